The Morgan fingerprint density at radius 2 is 2.57 bits per heavy atom. The second-order valence-corrected chi connectivity index (χ2v) is 3.47. The fraction of sp³-hybridized carbons (Fsp3) is 1.00. The van der Waals surface area contributed by atoms with Crippen molar-refractivity contribution < 1.29 is 9.09 Å². The Bertz CT molecular complexity index is 91.7. The van der Waals surface area contributed by atoms with E-state index < -0.39 is 8.03 Å². The summed E-state index contributed by atoms with van der Waals surface area (Å²) < 4.78 is 15.3. The molecule has 2 unspecified atom stereocenters. The van der Waals surface area contributed by atoms with E-state index >= 15 is 0 Å². The normalized spacial score (nSPS) is 36.7. The quantitative estimate of drug-likeness (QED) is 0.452. The Morgan fingerprint density at radius 1 is 1.86 bits per heavy atom. The SMILES string of the molecule is CC1CCO[P+]1=O. The van der Waals surface area contributed by atoms with Crippen molar-refractivity contribution in [1.82, 2.24) is 0 Å². The molecule has 2 nitrogen and oxygen atoms in total. The summed E-state index contributed by atoms with van der Waals surface area (Å²) in [6, 6.07) is 0. The molecule has 0 radical (unpaired) electrons. The molecule has 1 saturated heterocycles. The van der Waals surface area contributed by atoms with E-state index in [2.05, 4.69) is 0 Å². The van der Waals surface area contributed by atoms with Crippen LogP contribution in [0.2, 0.25) is 0 Å². The zero-order chi connectivity index (χ0) is 5.28. The molecule has 1 aliphatic heterocycles. The van der Waals surface area contributed by atoms with Crippen LogP contribution in [0.4, 0.5) is 0 Å². The molecule has 0 bridgehead atoms. The summed E-state index contributed by atoms with van der Waals surface area (Å²) in [6.45, 7) is 2.64. The number of hydrogen-bond donors (Lipinski definition) is 0. The van der Waals surface area contributed by atoms with Crippen LogP contribution in [0, 0.1) is 0 Å². The van der Waals surface area contributed by atoms with Crippen molar-refractivity contribution in [3.8, 4) is 0 Å². The molecule has 0 aromatic carbocycles. The maximum absolute atomic E-state index is 10.5. The molecule has 0 spiro atoms. The van der Waals surface area contributed by atoms with Gasteiger partial charge in [0.25, 0.3) is 0 Å². The molecule has 0 aliphatic carbocycles. The highest BCUT2D eigenvalue weighted by Gasteiger charge is 2.34. The molecule has 7 heavy (non-hydrogen) atoms. The molecule has 1 rings (SSSR count). The van der Waals surface area contributed by atoms with Crippen molar-refractivity contribution >= 4 is 8.03 Å². The van der Waals surface area contributed by atoms with Crippen molar-refractivity contribution in [2.24, 2.45) is 0 Å². The largest absolute Gasteiger partial charge is 0.511 e. The van der Waals surface area contributed by atoms with Crippen molar-refractivity contribution in [2.75, 3.05) is 6.61 Å². The van der Waals surface area contributed by atoms with Gasteiger partial charge in [0.15, 0.2) is 5.66 Å². The maximum atomic E-state index is 10.5. The van der Waals surface area contributed by atoms with Gasteiger partial charge in [0, 0.05) is 6.42 Å². The summed E-state index contributed by atoms with van der Waals surface area (Å²) >= 11 is 0. The summed E-state index contributed by atoms with van der Waals surface area (Å²) in [7, 11) is -1.28. The third kappa shape index (κ3) is 0.987. The summed E-state index contributed by atoms with van der Waals surface area (Å²) in [5.74, 6) is 0. The topological polar surface area (TPSA) is 26.3 Å². The van der Waals surface area contributed by atoms with Crippen LogP contribution in [0.1, 0.15) is 13.3 Å². The van der Waals surface area contributed by atoms with Gasteiger partial charge in [-0.2, -0.15) is 0 Å². The molecule has 0 saturated carbocycles. The summed E-state index contributed by atoms with van der Waals surface area (Å²) in [6.07, 6.45) is 0.967. The summed E-state index contributed by atoms with van der Waals surface area (Å²) in [5, 5.41) is 0. The molecule has 3 heteroatoms. The minimum atomic E-state index is -1.28. The molecule has 0 amide bonds. The first-order chi connectivity index (χ1) is 3.30. The Balaban J connectivity index is 2.48. The van der Waals surface area contributed by atoms with E-state index in [1.54, 1.807) is 0 Å². The van der Waals surface area contributed by atoms with E-state index in [0.29, 0.717) is 12.3 Å². The molecule has 1 aliphatic rings. The fourth-order valence-electron chi connectivity index (χ4n) is 0.546. The molecule has 1 heterocycles. The predicted octanol–water partition coefficient (Wildman–Crippen LogP) is 1.54. The highest BCUT2D eigenvalue weighted by atomic mass is 31.1. The van der Waals surface area contributed by atoms with Gasteiger partial charge < -0.3 is 0 Å². The first kappa shape index (κ1) is 5.20. The van der Waals surface area contributed by atoms with Gasteiger partial charge in [-0.05, 0) is 11.5 Å². The lowest BCUT2D eigenvalue weighted by atomic mass is 10.4. The van der Waals surface area contributed by atoms with Crippen LogP contribution in [0.25, 0.3) is 0 Å². The second-order valence-electron chi connectivity index (χ2n) is 1.76. The minimum absolute atomic E-state index is 0.301. The molecule has 0 aromatic rings. The lowest BCUT2D eigenvalue weighted by Crippen LogP contribution is -1.85. The smallest absolute Gasteiger partial charge is 0.146 e. The summed E-state index contributed by atoms with van der Waals surface area (Å²) in [5.41, 5.74) is 0.301. The van der Waals surface area contributed by atoms with Gasteiger partial charge in [0.1, 0.15) is 6.61 Å². The summed E-state index contributed by atoms with van der Waals surface area (Å²) in [4.78, 5) is 0. The highest BCUT2D eigenvalue weighted by Crippen LogP contribution is 2.37. The van der Waals surface area contributed by atoms with E-state index in [9.17, 15) is 4.57 Å². The van der Waals surface area contributed by atoms with Crippen LogP contribution in [-0.4, -0.2) is 12.3 Å². The fourth-order valence-corrected chi connectivity index (χ4v) is 1.40. The first-order valence-corrected chi connectivity index (χ1v) is 3.64. The van der Waals surface area contributed by atoms with Crippen LogP contribution in [0.5, 0.6) is 0 Å². The van der Waals surface area contributed by atoms with Crippen molar-refractivity contribution in [3.05, 3.63) is 0 Å². The molecular formula is C4H8O2P+. The van der Waals surface area contributed by atoms with E-state index in [1.165, 1.54) is 0 Å². The molecule has 0 N–H and O–H groups in total. The van der Waals surface area contributed by atoms with Gasteiger partial charge >= 0.3 is 8.03 Å². The van der Waals surface area contributed by atoms with Gasteiger partial charge in [-0.25, -0.2) is 0 Å². The highest BCUT2D eigenvalue weighted by molar-refractivity contribution is 7.40. The minimum Gasteiger partial charge on any atom is -0.146 e. The Kier molecular flexibility index (Phi) is 1.40. The van der Waals surface area contributed by atoms with Crippen LogP contribution in [0.3, 0.4) is 0 Å². The van der Waals surface area contributed by atoms with Crippen molar-refractivity contribution in [2.45, 2.75) is 19.0 Å². The van der Waals surface area contributed by atoms with Gasteiger partial charge in [-0.1, -0.05) is 0 Å². The lowest BCUT2D eigenvalue weighted by Gasteiger charge is -1.74. The number of hydrogen-bond acceptors (Lipinski definition) is 2. The zero-order valence-electron chi connectivity index (χ0n) is 4.26. The second kappa shape index (κ2) is 1.89. The van der Waals surface area contributed by atoms with E-state index in [-0.39, 0.29) is 0 Å². The third-order valence-corrected chi connectivity index (χ3v) is 2.53. The van der Waals surface area contributed by atoms with Crippen molar-refractivity contribution in [3.63, 3.8) is 0 Å². The van der Waals surface area contributed by atoms with Gasteiger partial charge in [-0.15, -0.1) is 4.52 Å². The average molecular weight is 119 g/mol. The predicted molar refractivity (Wildman–Crippen MR) is 27.6 cm³/mol. The Morgan fingerprint density at radius 3 is 2.71 bits per heavy atom. The van der Waals surface area contributed by atoms with Gasteiger partial charge in [-0.3, -0.25) is 0 Å². The molecule has 40 valence electrons. The standard InChI is InChI=1S/C4H8O2P/c1-4-2-3-6-7(4)5/h4H,2-3H2,1H3/q+1. The van der Waals surface area contributed by atoms with Crippen LogP contribution in [-0.2, 0) is 9.09 Å². The van der Waals surface area contributed by atoms with Crippen LogP contribution >= 0.6 is 8.03 Å². The Labute approximate surface area is 43.7 Å². The lowest BCUT2D eigenvalue weighted by molar-refractivity contribution is 0.364. The van der Waals surface area contributed by atoms with E-state index in [0.717, 1.165) is 6.42 Å². The zero-order valence-corrected chi connectivity index (χ0v) is 5.15. The molecule has 0 aromatic heterocycles. The van der Waals surface area contributed by atoms with Gasteiger partial charge in [0.05, 0.1) is 0 Å². The van der Waals surface area contributed by atoms with E-state index in [4.69, 9.17) is 4.52 Å². The molecule has 2 atom stereocenters. The molecular weight excluding hydrogens is 111 g/mol. The van der Waals surface area contributed by atoms with Gasteiger partial charge in [0.2, 0.25) is 0 Å². The monoisotopic (exact) mass is 119 g/mol. The van der Waals surface area contributed by atoms with Crippen LogP contribution < -0.4 is 0 Å². The van der Waals surface area contributed by atoms with Crippen LogP contribution in [0.15, 0.2) is 0 Å². The van der Waals surface area contributed by atoms with Crippen molar-refractivity contribution in [1.29, 1.82) is 0 Å². The van der Waals surface area contributed by atoms with E-state index in [1.807, 2.05) is 6.92 Å². The Hall–Kier alpha value is 0.0600. The molecule has 1 fully saturated rings. The third-order valence-electron chi connectivity index (χ3n) is 1.11. The maximum Gasteiger partial charge on any atom is 0.511 e. The first-order valence-electron chi connectivity index (χ1n) is 2.40. The average Bonchev–Trinajstić information content (AvgIpc) is 1.91. The number of rotatable bonds is 0.